The zero-order valence-electron chi connectivity index (χ0n) is 6.27. The molecule has 1 aromatic carbocycles. The molecule has 2 atom stereocenters. The Hall–Kier alpha value is -0.720. The summed E-state index contributed by atoms with van der Waals surface area (Å²) in [6.07, 6.45) is 0. The normalized spacial score (nSPS) is 14.2. The second kappa shape index (κ2) is 3.61. The zero-order valence-corrected chi connectivity index (χ0v) is 7.16. The number of hydrogen-bond donors (Lipinski definition) is 1. The van der Waals surface area contributed by atoms with E-state index in [4.69, 9.17) is 4.89 Å². The smallest absolute Gasteiger partial charge is 0.160 e. The molecule has 0 saturated heterocycles. The summed E-state index contributed by atoms with van der Waals surface area (Å²) in [5.74, 6) is 0. The summed E-state index contributed by atoms with van der Waals surface area (Å²) in [6, 6.07) is 9.33. The van der Waals surface area contributed by atoms with E-state index in [1.165, 1.54) is 0 Å². The second-order valence-corrected chi connectivity index (χ2v) is 3.77. The highest BCUT2D eigenvalue weighted by Crippen LogP contribution is 2.36. The third-order valence-electron chi connectivity index (χ3n) is 1.61. The molecule has 0 aliphatic rings. The van der Waals surface area contributed by atoms with E-state index in [-0.39, 0.29) is 5.66 Å². The van der Waals surface area contributed by atoms with Gasteiger partial charge in [0.1, 0.15) is 0 Å². The van der Waals surface area contributed by atoms with Gasteiger partial charge >= 0.3 is 8.03 Å². The van der Waals surface area contributed by atoms with Gasteiger partial charge in [-0.05, 0) is 11.5 Å². The van der Waals surface area contributed by atoms with Crippen LogP contribution in [0.5, 0.6) is 0 Å². The molecule has 2 unspecified atom stereocenters. The van der Waals surface area contributed by atoms with Gasteiger partial charge in [-0.1, -0.05) is 30.3 Å². The molecule has 3 heteroatoms. The molecule has 11 heavy (non-hydrogen) atoms. The highest BCUT2D eigenvalue weighted by atomic mass is 31.1. The maximum Gasteiger partial charge on any atom is 0.513 e. The maximum atomic E-state index is 10.6. The first-order chi connectivity index (χ1) is 5.22. The Morgan fingerprint density at radius 3 is 2.36 bits per heavy atom. The first-order valence-electron chi connectivity index (χ1n) is 3.42. The van der Waals surface area contributed by atoms with Gasteiger partial charge in [0, 0.05) is 5.56 Å². The molecule has 58 valence electrons. The van der Waals surface area contributed by atoms with Crippen LogP contribution < -0.4 is 0 Å². The van der Waals surface area contributed by atoms with E-state index >= 15 is 0 Å². The van der Waals surface area contributed by atoms with Gasteiger partial charge in [0.2, 0.25) is 5.66 Å². The fourth-order valence-corrected chi connectivity index (χ4v) is 1.29. The summed E-state index contributed by atoms with van der Waals surface area (Å²) >= 11 is 0. The van der Waals surface area contributed by atoms with Crippen LogP contribution in [0.3, 0.4) is 0 Å². The molecule has 0 fully saturated rings. The average Bonchev–Trinajstić information content (AvgIpc) is 2.05. The summed E-state index contributed by atoms with van der Waals surface area (Å²) in [5, 5.41) is 0. The summed E-state index contributed by atoms with van der Waals surface area (Å²) in [7, 11) is -2.09. The van der Waals surface area contributed by atoms with Crippen molar-refractivity contribution >= 4 is 8.03 Å². The van der Waals surface area contributed by atoms with Crippen LogP contribution in [-0.4, -0.2) is 4.89 Å². The summed E-state index contributed by atoms with van der Waals surface area (Å²) < 4.78 is 10.6. The molecule has 0 amide bonds. The largest absolute Gasteiger partial charge is 0.513 e. The summed E-state index contributed by atoms with van der Waals surface area (Å²) in [6.45, 7) is 1.74. The van der Waals surface area contributed by atoms with Crippen molar-refractivity contribution in [2.45, 2.75) is 12.6 Å². The molecule has 1 rings (SSSR count). The van der Waals surface area contributed by atoms with E-state index in [1.807, 2.05) is 30.3 Å². The van der Waals surface area contributed by atoms with Gasteiger partial charge in [0.15, 0.2) is 0 Å². The first-order valence-corrected chi connectivity index (χ1v) is 4.70. The Kier molecular flexibility index (Phi) is 2.75. The molecule has 0 bridgehead atoms. The lowest BCUT2D eigenvalue weighted by atomic mass is 10.2. The maximum absolute atomic E-state index is 10.6. The minimum absolute atomic E-state index is 0.258. The molecule has 0 aliphatic carbocycles. The molecule has 0 aromatic heterocycles. The third kappa shape index (κ3) is 2.11. The molecule has 2 nitrogen and oxygen atoms in total. The van der Waals surface area contributed by atoms with E-state index in [2.05, 4.69) is 0 Å². The van der Waals surface area contributed by atoms with Crippen molar-refractivity contribution in [2.24, 2.45) is 0 Å². The van der Waals surface area contributed by atoms with Crippen molar-refractivity contribution in [1.29, 1.82) is 0 Å². The Labute approximate surface area is 66.7 Å². The molecule has 1 aromatic rings. The van der Waals surface area contributed by atoms with Crippen LogP contribution in [0, 0.1) is 0 Å². The monoisotopic (exact) mass is 169 g/mol. The predicted molar refractivity (Wildman–Crippen MR) is 44.7 cm³/mol. The summed E-state index contributed by atoms with van der Waals surface area (Å²) in [5.41, 5.74) is 0.655. The van der Waals surface area contributed by atoms with Gasteiger partial charge in [0.25, 0.3) is 0 Å². The van der Waals surface area contributed by atoms with Crippen LogP contribution in [0.2, 0.25) is 0 Å². The van der Waals surface area contributed by atoms with Crippen molar-refractivity contribution in [2.75, 3.05) is 0 Å². The van der Waals surface area contributed by atoms with Gasteiger partial charge in [-0.2, -0.15) is 4.89 Å². The van der Waals surface area contributed by atoms with E-state index in [0.717, 1.165) is 5.56 Å². The molecule has 1 N–H and O–H groups in total. The fourth-order valence-electron chi connectivity index (χ4n) is 0.859. The lowest BCUT2D eigenvalue weighted by Gasteiger charge is -1.95. The Morgan fingerprint density at radius 2 is 1.91 bits per heavy atom. The Balaban J connectivity index is 2.85. The lowest BCUT2D eigenvalue weighted by Crippen LogP contribution is -1.85. The van der Waals surface area contributed by atoms with Gasteiger partial charge in [-0.15, -0.1) is 0 Å². The minimum Gasteiger partial charge on any atom is -0.160 e. The van der Waals surface area contributed by atoms with Crippen LogP contribution >= 0.6 is 8.03 Å². The van der Waals surface area contributed by atoms with Crippen molar-refractivity contribution in [3.8, 4) is 0 Å². The fraction of sp³-hybridized carbons (Fsp3) is 0.250. The van der Waals surface area contributed by atoms with E-state index in [1.54, 1.807) is 6.92 Å². The van der Waals surface area contributed by atoms with Crippen LogP contribution in [0.4, 0.5) is 0 Å². The molecule has 0 heterocycles. The molecular weight excluding hydrogens is 159 g/mol. The van der Waals surface area contributed by atoms with E-state index in [9.17, 15) is 4.57 Å². The zero-order chi connectivity index (χ0) is 8.27. The van der Waals surface area contributed by atoms with Crippen LogP contribution in [0.15, 0.2) is 30.3 Å². The van der Waals surface area contributed by atoms with Crippen molar-refractivity contribution in [3.05, 3.63) is 35.9 Å². The second-order valence-electron chi connectivity index (χ2n) is 2.39. The van der Waals surface area contributed by atoms with Crippen LogP contribution in [0.25, 0.3) is 0 Å². The third-order valence-corrected chi connectivity index (χ3v) is 2.57. The predicted octanol–water partition coefficient (Wildman–Crippen LogP) is 2.48. The average molecular weight is 169 g/mol. The highest BCUT2D eigenvalue weighted by molar-refractivity contribution is 7.38. The topological polar surface area (TPSA) is 37.3 Å². The SMILES string of the molecule is CC(c1ccccc1)[P+](=O)O. The molecule has 0 radical (unpaired) electrons. The summed E-state index contributed by atoms with van der Waals surface area (Å²) in [4.78, 5) is 8.78. The number of rotatable bonds is 2. The Morgan fingerprint density at radius 1 is 1.36 bits per heavy atom. The van der Waals surface area contributed by atoms with Gasteiger partial charge in [0.05, 0.1) is 0 Å². The molecular formula is C8H10O2P+. The van der Waals surface area contributed by atoms with E-state index in [0.29, 0.717) is 0 Å². The van der Waals surface area contributed by atoms with Gasteiger partial charge in [-0.3, -0.25) is 0 Å². The van der Waals surface area contributed by atoms with Crippen molar-refractivity contribution in [1.82, 2.24) is 0 Å². The quantitative estimate of drug-likeness (QED) is 0.690. The lowest BCUT2D eigenvalue weighted by molar-refractivity contribution is 0.493. The van der Waals surface area contributed by atoms with Crippen LogP contribution in [0.1, 0.15) is 18.1 Å². The number of benzene rings is 1. The molecule has 0 aliphatic heterocycles. The number of hydrogen-bond acceptors (Lipinski definition) is 1. The van der Waals surface area contributed by atoms with Crippen molar-refractivity contribution in [3.63, 3.8) is 0 Å². The van der Waals surface area contributed by atoms with Gasteiger partial charge < -0.3 is 0 Å². The molecule has 0 spiro atoms. The van der Waals surface area contributed by atoms with E-state index < -0.39 is 8.03 Å². The van der Waals surface area contributed by atoms with Crippen LogP contribution in [-0.2, 0) is 4.57 Å². The molecule has 0 saturated carbocycles. The van der Waals surface area contributed by atoms with Gasteiger partial charge in [-0.25, -0.2) is 0 Å². The van der Waals surface area contributed by atoms with Crippen molar-refractivity contribution < 1.29 is 9.46 Å². The minimum atomic E-state index is -2.09. The highest BCUT2D eigenvalue weighted by Gasteiger charge is 2.24. The Bertz CT molecular complexity index is 246. The standard InChI is InChI=1S/C8H9O2P/c1-7(11(9)10)8-5-3-2-4-6-8/h2-7H,1H3/p+1. The first kappa shape index (κ1) is 8.38.